The van der Waals surface area contributed by atoms with Crippen molar-refractivity contribution >= 4 is 11.8 Å². The van der Waals surface area contributed by atoms with Crippen molar-refractivity contribution in [3.8, 4) is 6.07 Å². The first-order valence-electron chi connectivity index (χ1n) is 8.47. The molecule has 1 unspecified atom stereocenters. The third-order valence-corrected chi connectivity index (χ3v) is 4.88. The molecule has 0 spiro atoms. The molecule has 0 aromatic heterocycles. The summed E-state index contributed by atoms with van der Waals surface area (Å²) in [6, 6.07) is 8.66. The van der Waals surface area contributed by atoms with Gasteiger partial charge in [0.05, 0.1) is 12.1 Å². The summed E-state index contributed by atoms with van der Waals surface area (Å²) in [6.45, 7) is 14.5. The largest absolute Gasteiger partial charge is 0.378 e. The Morgan fingerprint density at radius 3 is 2.76 bits per heavy atom. The van der Waals surface area contributed by atoms with E-state index in [-0.39, 0.29) is 12.0 Å². The van der Waals surface area contributed by atoms with Crippen LogP contribution in [0.3, 0.4) is 0 Å². The SMILES string of the molecule is C=C1Nc2ccc(C)cc2C=C1[C@H](C)NC1=CC=C(C#N)C(C)C1=C. The summed E-state index contributed by atoms with van der Waals surface area (Å²) in [5, 5.41) is 16.1. The van der Waals surface area contributed by atoms with Crippen LogP contribution in [0.5, 0.6) is 0 Å². The molecular formula is C22H23N3. The Bertz CT molecular complexity index is 890. The number of hydrogen-bond donors (Lipinski definition) is 2. The van der Waals surface area contributed by atoms with E-state index in [1.807, 2.05) is 19.1 Å². The van der Waals surface area contributed by atoms with Gasteiger partial charge in [-0.05, 0) is 60.9 Å². The minimum Gasteiger partial charge on any atom is -0.378 e. The molecular weight excluding hydrogens is 306 g/mol. The summed E-state index contributed by atoms with van der Waals surface area (Å²) < 4.78 is 0. The fraction of sp³-hybridized carbons (Fsp3) is 0.227. The van der Waals surface area contributed by atoms with E-state index in [2.05, 4.69) is 68.0 Å². The van der Waals surface area contributed by atoms with Gasteiger partial charge in [0.25, 0.3) is 0 Å². The Hall–Kier alpha value is -2.99. The van der Waals surface area contributed by atoms with Gasteiger partial charge in [0.15, 0.2) is 0 Å². The van der Waals surface area contributed by atoms with Crippen LogP contribution in [-0.4, -0.2) is 6.04 Å². The van der Waals surface area contributed by atoms with Gasteiger partial charge in [-0.2, -0.15) is 5.26 Å². The number of rotatable bonds is 3. The van der Waals surface area contributed by atoms with Gasteiger partial charge in [-0.25, -0.2) is 0 Å². The van der Waals surface area contributed by atoms with Crippen molar-refractivity contribution in [3.63, 3.8) is 0 Å². The van der Waals surface area contributed by atoms with E-state index in [9.17, 15) is 0 Å². The molecule has 0 amide bonds. The van der Waals surface area contributed by atoms with Gasteiger partial charge in [0, 0.05) is 28.6 Å². The van der Waals surface area contributed by atoms with Crippen molar-refractivity contribution in [2.45, 2.75) is 26.8 Å². The van der Waals surface area contributed by atoms with Crippen molar-refractivity contribution in [1.29, 1.82) is 5.26 Å². The topological polar surface area (TPSA) is 47.8 Å². The number of nitrogens with zero attached hydrogens (tertiary/aromatic N) is 1. The van der Waals surface area contributed by atoms with Crippen molar-refractivity contribution < 1.29 is 0 Å². The van der Waals surface area contributed by atoms with Gasteiger partial charge in [0.2, 0.25) is 0 Å². The van der Waals surface area contributed by atoms with Crippen LogP contribution >= 0.6 is 0 Å². The zero-order valence-electron chi connectivity index (χ0n) is 15.0. The third-order valence-electron chi connectivity index (χ3n) is 4.88. The van der Waals surface area contributed by atoms with Crippen LogP contribution in [0.2, 0.25) is 0 Å². The highest BCUT2D eigenvalue weighted by molar-refractivity contribution is 5.78. The molecule has 1 heterocycles. The first-order valence-corrected chi connectivity index (χ1v) is 8.47. The van der Waals surface area contributed by atoms with E-state index in [4.69, 9.17) is 5.26 Å². The van der Waals surface area contributed by atoms with Gasteiger partial charge in [-0.3, -0.25) is 0 Å². The molecule has 2 aliphatic rings. The molecule has 25 heavy (non-hydrogen) atoms. The highest BCUT2D eigenvalue weighted by Crippen LogP contribution is 2.32. The minimum absolute atomic E-state index is 0.0368. The highest BCUT2D eigenvalue weighted by Gasteiger charge is 2.23. The summed E-state index contributed by atoms with van der Waals surface area (Å²) in [5.41, 5.74) is 8.18. The molecule has 1 aromatic rings. The number of benzene rings is 1. The van der Waals surface area contributed by atoms with Crippen LogP contribution < -0.4 is 10.6 Å². The number of nitriles is 1. The molecule has 0 bridgehead atoms. The lowest BCUT2D eigenvalue weighted by atomic mass is 9.87. The smallest absolute Gasteiger partial charge is 0.0953 e. The molecule has 0 saturated carbocycles. The Labute approximate surface area is 149 Å². The van der Waals surface area contributed by atoms with Gasteiger partial charge in [-0.1, -0.05) is 31.7 Å². The van der Waals surface area contributed by atoms with Crippen LogP contribution in [0, 0.1) is 24.2 Å². The summed E-state index contributed by atoms with van der Waals surface area (Å²) in [4.78, 5) is 0. The molecule has 0 radical (unpaired) electrons. The van der Waals surface area contributed by atoms with Crippen LogP contribution in [0.4, 0.5) is 5.69 Å². The maximum Gasteiger partial charge on any atom is 0.0953 e. The molecule has 2 atom stereocenters. The monoisotopic (exact) mass is 329 g/mol. The van der Waals surface area contributed by atoms with Gasteiger partial charge in [-0.15, -0.1) is 0 Å². The lowest BCUT2D eigenvalue weighted by Crippen LogP contribution is -2.32. The molecule has 126 valence electrons. The normalized spacial score (nSPS) is 20.4. The number of hydrogen-bond acceptors (Lipinski definition) is 3. The van der Waals surface area contributed by atoms with Crippen molar-refractivity contribution in [2.75, 3.05) is 5.32 Å². The number of aryl methyl sites for hydroxylation is 1. The number of allylic oxidation sites excluding steroid dienone is 4. The lowest BCUT2D eigenvalue weighted by molar-refractivity contribution is 0.679. The molecule has 2 N–H and O–H groups in total. The van der Waals surface area contributed by atoms with Gasteiger partial charge >= 0.3 is 0 Å². The average Bonchev–Trinajstić information content (AvgIpc) is 2.59. The molecule has 0 fully saturated rings. The maximum absolute atomic E-state index is 9.16. The summed E-state index contributed by atoms with van der Waals surface area (Å²) in [7, 11) is 0. The van der Waals surface area contributed by atoms with Gasteiger partial charge in [0.1, 0.15) is 0 Å². The lowest BCUT2D eigenvalue weighted by Gasteiger charge is -2.29. The standard InChI is InChI=1S/C22H23N3/c1-13-6-8-22-19(10-13)11-20(17(5)25-22)16(4)24-21-9-7-18(12-23)14(2)15(21)3/h6-11,14,16,24-25H,3,5H2,1-2,4H3/t14?,16-/m0/s1. The number of fused-ring (bicyclic) bond motifs is 1. The second-order valence-corrected chi connectivity index (χ2v) is 6.72. The molecule has 3 heteroatoms. The predicted molar refractivity (Wildman–Crippen MR) is 105 cm³/mol. The van der Waals surface area contributed by atoms with E-state index in [0.29, 0.717) is 0 Å². The van der Waals surface area contributed by atoms with Gasteiger partial charge < -0.3 is 10.6 Å². The van der Waals surface area contributed by atoms with E-state index >= 15 is 0 Å². The van der Waals surface area contributed by atoms with Crippen LogP contribution in [0.1, 0.15) is 25.0 Å². The molecule has 1 aliphatic heterocycles. The molecule has 1 aliphatic carbocycles. The van der Waals surface area contributed by atoms with Crippen LogP contribution in [-0.2, 0) is 0 Å². The second kappa shape index (κ2) is 6.49. The minimum atomic E-state index is 0.0368. The fourth-order valence-electron chi connectivity index (χ4n) is 3.22. The van der Waals surface area contributed by atoms with Crippen LogP contribution in [0.15, 0.2) is 71.6 Å². The first kappa shape index (κ1) is 16.9. The van der Waals surface area contributed by atoms with E-state index in [1.54, 1.807) is 0 Å². The van der Waals surface area contributed by atoms with Crippen molar-refractivity contribution in [3.05, 3.63) is 82.7 Å². The second-order valence-electron chi connectivity index (χ2n) is 6.72. The molecule has 3 nitrogen and oxygen atoms in total. The van der Waals surface area contributed by atoms with E-state index in [1.165, 1.54) is 11.1 Å². The van der Waals surface area contributed by atoms with E-state index in [0.717, 1.165) is 33.8 Å². The first-order chi connectivity index (χ1) is 11.9. The molecule has 1 aromatic carbocycles. The predicted octanol–water partition coefficient (Wildman–Crippen LogP) is 4.84. The number of anilines is 1. The Kier molecular flexibility index (Phi) is 4.37. The average molecular weight is 329 g/mol. The van der Waals surface area contributed by atoms with Crippen molar-refractivity contribution in [1.82, 2.24) is 5.32 Å². The summed E-state index contributed by atoms with van der Waals surface area (Å²) in [6.07, 6.45) is 6.00. The Balaban J connectivity index is 1.87. The maximum atomic E-state index is 9.16. The third kappa shape index (κ3) is 3.16. The zero-order chi connectivity index (χ0) is 18.1. The molecule has 3 rings (SSSR count). The fourth-order valence-corrected chi connectivity index (χ4v) is 3.22. The Morgan fingerprint density at radius 1 is 1.28 bits per heavy atom. The van der Waals surface area contributed by atoms with Crippen molar-refractivity contribution in [2.24, 2.45) is 5.92 Å². The highest BCUT2D eigenvalue weighted by atomic mass is 15.0. The van der Waals surface area contributed by atoms with E-state index < -0.39 is 0 Å². The summed E-state index contributed by atoms with van der Waals surface area (Å²) in [5.74, 6) is 0.0368. The number of nitrogens with one attached hydrogen (secondary N) is 2. The zero-order valence-corrected chi connectivity index (χ0v) is 15.0. The summed E-state index contributed by atoms with van der Waals surface area (Å²) >= 11 is 0. The quantitative estimate of drug-likeness (QED) is 0.834. The molecule has 0 saturated heterocycles. The Morgan fingerprint density at radius 2 is 2.04 bits per heavy atom. The van der Waals surface area contributed by atoms with Crippen LogP contribution in [0.25, 0.3) is 6.08 Å².